The smallest absolute Gasteiger partial charge is 0.138 e. The van der Waals surface area contributed by atoms with Gasteiger partial charge in [0.25, 0.3) is 0 Å². The molecule has 2 N–H and O–H groups in total. The van der Waals surface area contributed by atoms with Gasteiger partial charge in [0.05, 0.1) is 5.69 Å². The van der Waals surface area contributed by atoms with E-state index in [1.54, 1.807) is 6.07 Å². The molecule has 1 aromatic carbocycles. The van der Waals surface area contributed by atoms with Gasteiger partial charge in [-0.25, -0.2) is 0 Å². The van der Waals surface area contributed by atoms with Crippen molar-refractivity contribution >= 4 is 5.69 Å². The van der Waals surface area contributed by atoms with Crippen LogP contribution in [0.3, 0.4) is 0 Å². The summed E-state index contributed by atoms with van der Waals surface area (Å²) >= 11 is 0. The van der Waals surface area contributed by atoms with Crippen LogP contribution in [0.1, 0.15) is 6.42 Å². The molecule has 0 unspecified atom stereocenters. The van der Waals surface area contributed by atoms with E-state index in [2.05, 4.69) is 10.2 Å². The van der Waals surface area contributed by atoms with Crippen molar-refractivity contribution in [1.82, 2.24) is 5.32 Å². The number of hydrogen-bond acceptors (Lipinski definition) is 3. The first kappa shape index (κ1) is 9.34. The first-order valence-electron chi connectivity index (χ1n) is 5.11. The molecule has 76 valence electrons. The molecule has 3 nitrogen and oxygen atoms in total. The average Bonchev–Trinajstić information content (AvgIpc) is 2.47. The Morgan fingerprint density at radius 3 is 2.86 bits per heavy atom. The van der Waals surface area contributed by atoms with Gasteiger partial charge >= 0.3 is 0 Å². The SMILES string of the molecule is Oc1ccccc1N1CCCNCC1. The van der Waals surface area contributed by atoms with Crippen LogP contribution in [0.25, 0.3) is 0 Å². The lowest BCUT2D eigenvalue weighted by molar-refractivity contribution is 0.474. The Kier molecular flexibility index (Phi) is 2.89. The van der Waals surface area contributed by atoms with Crippen molar-refractivity contribution in [2.45, 2.75) is 6.42 Å². The van der Waals surface area contributed by atoms with E-state index in [9.17, 15) is 5.11 Å². The maximum atomic E-state index is 9.69. The molecule has 0 radical (unpaired) electrons. The molecule has 1 aromatic rings. The van der Waals surface area contributed by atoms with Crippen molar-refractivity contribution in [2.75, 3.05) is 31.1 Å². The number of phenolic OH excluding ortho intramolecular Hbond substituents is 1. The Labute approximate surface area is 84.4 Å². The zero-order valence-corrected chi connectivity index (χ0v) is 8.24. The Balaban J connectivity index is 2.16. The highest BCUT2D eigenvalue weighted by molar-refractivity contribution is 5.57. The summed E-state index contributed by atoms with van der Waals surface area (Å²) in [4.78, 5) is 2.23. The molecule has 1 heterocycles. The summed E-state index contributed by atoms with van der Waals surface area (Å²) in [6.45, 7) is 4.06. The second-order valence-electron chi connectivity index (χ2n) is 3.58. The van der Waals surface area contributed by atoms with Gasteiger partial charge in [-0.3, -0.25) is 0 Å². The minimum Gasteiger partial charge on any atom is -0.506 e. The van der Waals surface area contributed by atoms with Crippen LogP contribution >= 0.6 is 0 Å². The standard InChI is InChI=1S/C11H16N2O/c14-11-5-2-1-4-10(11)13-8-3-6-12-7-9-13/h1-2,4-5,12,14H,3,6-9H2. The molecule has 0 spiro atoms. The van der Waals surface area contributed by atoms with Gasteiger partial charge in [0.15, 0.2) is 0 Å². The van der Waals surface area contributed by atoms with Gasteiger partial charge in [0.1, 0.15) is 5.75 Å². The number of para-hydroxylation sites is 2. The molecular formula is C11H16N2O. The average molecular weight is 192 g/mol. The third-order valence-electron chi connectivity index (χ3n) is 2.56. The highest BCUT2D eigenvalue weighted by atomic mass is 16.3. The second kappa shape index (κ2) is 4.33. The number of anilines is 1. The highest BCUT2D eigenvalue weighted by Crippen LogP contribution is 2.26. The van der Waals surface area contributed by atoms with Crippen LogP contribution in [0.15, 0.2) is 24.3 Å². The maximum absolute atomic E-state index is 9.69. The van der Waals surface area contributed by atoms with E-state index < -0.39 is 0 Å². The lowest BCUT2D eigenvalue weighted by Gasteiger charge is -2.22. The molecule has 0 bridgehead atoms. The van der Waals surface area contributed by atoms with E-state index in [0.29, 0.717) is 5.75 Å². The molecular weight excluding hydrogens is 176 g/mol. The number of benzene rings is 1. The van der Waals surface area contributed by atoms with Gasteiger partial charge in [0, 0.05) is 19.6 Å². The van der Waals surface area contributed by atoms with Crippen molar-refractivity contribution in [3.8, 4) is 5.75 Å². The number of phenols is 1. The minimum atomic E-state index is 0.384. The van der Waals surface area contributed by atoms with Crippen LogP contribution in [0.4, 0.5) is 5.69 Å². The van der Waals surface area contributed by atoms with Gasteiger partial charge in [-0.05, 0) is 25.1 Å². The zero-order chi connectivity index (χ0) is 9.80. The van der Waals surface area contributed by atoms with E-state index in [0.717, 1.165) is 38.3 Å². The Hall–Kier alpha value is -1.22. The quantitative estimate of drug-likeness (QED) is 0.701. The molecule has 1 aliphatic heterocycles. The van der Waals surface area contributed by atoms with Gasteiger partial charge < -0.3 is 15.3 Å². The predicted octanol–water partition coefficient (Wildman–Crippen LogP) is 1.19. The van der Waals surface area contributed by atoms with Crippen LogP contribution in [-0.2, 0) is 0 Å². The van der Waals surface area contributed by atoms with Gasteiger partial charge in [-0.1, -0.05) is 12.1 Å². The lowest BCUT2D eigenvalue weighted by Crippen LogP contribution is -2.27. The maximum Gasteiger partial charge on any atom is 0.138 e. The highest BCUT2D eigenvalue weighted by Gasteiger charge is 2.11. The summed E-state index contributed by atoms with van der Waals surface area (Å²) in [5, 5.41) is 13.0. The number of aromatic hydroxyl groups is 1. The lowest BCUT2D eigenvalue weighted by atomic mass is 10.2. The van der Waals surface area contributed by atoms with E-state index in [4.69, 9.17) is 0 Å². The molecule has 0 aliphatic carbocycles. The second-order valence-corrected chi connectivity index (χ2v) is 3.58. The minimum absolute atomic E-state index is 0.384. The summed E-state index contributed by atoms with van der Waals surface area (Å²) in [5.74, 6) is 0.384. The monoisotopic (exact) mass is 192 g/mol. The first-order chi connectivity index (χ1) is 6.88. The third kappa shape index (κ3) is 1.99. The summed E-state index contributed by atoms with van der Waals surface area (Å²) < 4.78 is 0. The molecule has 2 rings (SSSR count). The van der Waals surface area contributed by atoms with Crippen LogP contribution in [0.2, 0.25) is 0 Å². The largest absolute Gasteiger partial charge is 0.506 e. The van der Waals surface area contributed by atoms with Crippen molar-refractivity contribution < 1.29 is 5.11 Å². The molecule has 0 saturated carbocycles. The normalized spacial score (nSPS) is 17.9. The molecule has 3 heteroatoms. The van der Waals surface area contributed by atoms with Crippen molar-refractivity contribution in [3.05, 3.63) is 24.3 Å². The molecule has 1 aliphatic rings. The number of nitrogens with one attached hydrogen (secondary N) is 1. The molecule has 0 atom stereocenters. The van der Waals surface area contributed by atoms with Crippen LogP contribution in [0.5, 0.6) is 5.75 Å². The van der Waals surface area contributed by atoms with Crippen LogP contribution in [-0.4, -0.2) is 31.3 Å². The Morgan fingerprint density at radius 1 is 1.14 bits per heavy atom. The van der Waals surface area contributed by atoms with Gasteiger partial charge in [-0.15, -0.1) is 0 Å². The molecule has 0 aromatic heterocycles. The third-order valence-corrected chi connectivity index (χ3v) is 2.56. The fourth-order valence-electron chi connectivity index (χ4n) is 1.82. The number of rotatable bonds is 1. The molecule has 1 fully saturated rings. The van der Waals surface area contributed by atoms with Crippen molar-refractivity contribution in [1.29, 1.82) is 0 Å². The van der Waals surface area contributed by atoms with Crippen LogP contribution < -0.4 is 10.2 Å². The van der Waals surface area contributed by atoms with E-state index in [1.807, 2.05) is 18.2 Å². The topological polar surface area (TPSA) is 35.5 Å². The fourth-order valence-corrected chi connectivity index (χ4v) is 1.82. The van der Waals surface area contributed by atoms with Crippen LogP contribution in [0, 0.1) is 0 Å². The summed E-state index contributed by atoms with van der Waals surface area (Å²) in [7, 11) is 0. The summed E-state index contributed by atoms with van der Waals surface area (Å²) in [5.41, 5.74) is 0.955. The van der Waals surface area contributed by atoms with Crippen molar-refractivity contribution in [3.63, 3.8) is 0 Å². The number of nitrogens with zero attached hydrogens (tertiary/aromatic N) is 1. The van der Waals surface area contributed by atoms with E-state index in [1.165, 1.54) is 0 Å². The Bertz CT molecular complexity index is 293. The first-order valence-corrected chi connectivity index (χ1v) is 5.11. The summed E-state index contributed by atoms with van der Waals surface area (Å²) in [6, 6.07) is 7.54. The molecule has 1 saturated heterocycles. The summed E-state index contributed by atoms with van der Waals surface area (Å²) in [6.07, 6.45) is 1.13. The zero-order valence-electron chi connectivity index (χ0n) is 8.24. The van der Waals surface area contributed by atoms with Crippen molar-refractivity contribution in [2.24, 2.45) is 0 Å². The molecule has 14 heavy (non-hydrogen) atoms. The Morgan fingerprint density at radius 2 is 2.00 bits per heavy atom. The van der Waals surface area contributed by atoms with E-state index >= 15 is 0 Å². The van der Waals surface area contributed by atoms with Gasteiger partial charge in [-0.2, -0.15) is 0 Å². The fraction of sp³-hybridized carbons (Fsp3) is 0.455. The van der Waals surface area contributed by atoms with Gasteiger partial charge in [0.2, 0.25) is 0 Å². The predicted molar refractivity (Wildman–Crippen MR) is 57.8 cm³/mol. The molecule has 0 amide bonds. The van der Waals surface area contributed by atoms with E-state index in [-0.39, 0.29) is 0 Å². The number of hydrogen-bond donors (Lipinski definition) is 2.